The second kappa shape index (κ2) is 3.31. The van der Waals surface area contributed by atoms with Crippen molar-refractivity contribution in [3.8, 4) is 0 Å². The number of H-pyrrole nitrogens is 1. The normalized spacial score (nSPS) is 10.6. The summed E-state index contributed by atoms with van der Waals surface area (Å²) >= 11 is 5.91. The van der Waals surface area contributed by atoms with E-state index in [1.54, 1.807) is 12.1 Å². The molecule has 0 spiro atoms. The van der Waals surface area contributed by atoms with Gasteiger partial charge in [0, 0.05) is 0 Å². The second-order valence-electron chi connectivity index (χ2n) is 2.95. The van der Waals surface area contributed by atoms with Crippen LogP contribution in [0, 0.1) is 0 Å². The summed E-state index contributed by atoms with van der Waals surface area (Å²) in [5, 5.41) is 9.08. The van der Waals surface area contributed by atoms with Crippen LogP contribution in [-0.2, 0) is 11.2 Å². The second-order valence-corrected chi connectivity index (χ2v) is 3.35. The smallest absolute Gasteiger partial charge is 0.307 e. The molecule has 0 aliphatic heterocycles. The predicted molar refractivity (Wildman–Crippen MR) is 52.4 cm³/mol. The first-order chi connectivity index (χ1) is 6.66. The summed E-state index contributed by atoms with van der Waals surface area (Å²) in [6.45, 7) is 0. The summed E-state index contributed by atoms with van der Waals surface area (Å²) in [6.07, 6.45) is 1.50. The highest BCUT2D eigenvalue weighted by Gasteiger charge is 2.06. The molecule has 14 heavy (non-hydrogen) atoms. The van der Waals surface area contributed by atoms with Gasteiger partial charge in [-0.2, -0.15) is 0 Å². The van der Waals surface area contributed by atoms with Crippen LogP contribution >= 0.6 is 11.6 Å². The van der Waals surface area contributed by atoms with Gasteiger partial charge in [0.15, 0.2) is 0 Å². The van der Waals surface area contributed by atoms with E-state index in [-0.39, 0.29) is 6.42 Å². The van der Waals surface area contributed by atoms with Gasteiger partial charge in [-0.25, -0.2) is 4.98 Å². The molecule has 2 aromatic rings. The summed E-state index contributed by atoms with van der Waals surface area (Å²) in [6, 6.07) is 3.36. The van der Waals surface area contributed by atoms with Crippen LogP contribution in [0.15, 0.2) is 18.5 Å². The van der Waals surface area contributed by atoms with Crippen LogP contribution in [0.4, 0.5) is 0 Å². The Kier molecular flexibility index (Phi) is 2.13. The summed E-state index contributed by atoms with van der Waals surface area (Å²) < 4.78 is 0. The molecule has 2 rings (SSSR count). The van der Waals surface area contributed by atoms with Gasteiger partial charge in [0.25, 0.3) is 0 Å². The highest BCUT2D eigenvalue weighted by atomic mass is 35.5. The molecule has 0 aliphatic carbocycles. The Hall–Kier alpha value is -1.55. The topological polar surface area (TPSA) is 66.0 Å². The van der Waals surface area contributed by atoms with Crippen molar-refractivity contribution in [2.24, 2.45) is 0 Å². The Balaban J connectivity index is 2.53. The standard InChI is InChI=1S/C9H7ClN2O2/c10-6-1-5(3-8(13)14)2-7-9(6)12-4-11-7/h1-2,4H,3H2,(H,11,12)(H,13,14). The Bertz CT molecular complexity index is 493. The Morgan fingerprint density at radius 2 is 2.36 bits per heavy atom. The van der Waals surface area contributed by atoms with E-state index < -0.39 is 5.97 Å². The van der Waals surface area contributed by atoms with Crippen molar-refractivity contribution in [3.63, 3.8) is 0 Å². The largest absolute Gasteiger partial charge is 0.481 e. The van der Waals surface area contributed by atoms with Crippen molar-refractivity contribution in [2.45, 2.75) is 6.42 Å². The lowest BCUT2D eigenvalue weighted by Crippen LogP contribution is -1.99. The molecule has 0 bridgehead atoms. The Labute approximate surface area is 84.5 Å². The van der Waals surface area contributed by atoms with Gasteiger partial charge < -0.3 is 10.1 Å². The maximum absolute atomic E-state index is 10.5. The van der Waals surface area contributed by atoms with Crippen LogP contribution in [0.1, 0.15) is 5.56 Å². The number of fused-ring (bicyclic) bond motifs is 1. The lowest BCUT2D eigenvalue weighted by atomic mass is 10.1. The summed E-state index contributed by atoms with van der Waals surface area (Å²) in [7, 11) is 0. The number of nitrogens with zero attached hydrogens (tertiary/aromatic N) is 1. The molecule has 4 nitrogen and oxygen atoms in total. The van der Waals surface area contributed by atoms with Gasteiger partial charge in [-0.1, -0.05) is 11.6 Å². The Morgan fingerprint density at radius 1 is 1.57 bits per heavy atom. The molecule has 1 aromatic heterocycles. The third-order valence-corrected chi connectivity index (χ3v) is 2.18. The van der Waals surface area contributed by atoms with Crippen LogP contribution in [0.3, 0.4) is 0 Å². The molecule has 0 radical (unpaired) electrons. The van der Waals surface area contributed by atoms with E-state index in [4.69, 9.17) is 16.7 Å². The van der Waals surface area contributed by atoms with Crippen molar-refractivity contribution in [2.75, 3.05) is 0 Å². The zero-order valence-corrected chi connectivity index (χ0v) is 7.88. The number of carbonyl (C=O) groups is 1. The maximum atomic E-state index is 10.5. The minimum absolute atomic E-state index is 0.0331. The molecule has 0 fully saturated rings. The van der Waals surface area contributed by atoms with Crippen LogP contribution in [0.2, 0.25) is 5.02 Å². The summed E-state index contributed by atoms with van der Waals surface area (Å²) in [4.78, 5) is 17.4. The molecule has 0 saturated carbocycles. The third-order valence-electron chi connectivity index (χ3n) is 1.89. The number of aromatic nitrogens is 2. The lowest BCUT2D eigenvalue weighted by Gasteiger charge is -1.98. The molecule has 72 valence electrons. The van der Waals surface area contributed by atoms with Crippen LogP contribution in [-0.4, -0.2) is 21.0 Å². The predicted octanol–water partition coefficient (Wildman–Crippen LogP) is 1.84. The van der Waals surface area contributed by atoms with Gasteiger partial charge >= 0.3 is 5.97 Å². The zero-order chi connectivity index (χ0) is 10.1. The molecule has 1 heterocycles. The molecule has 0 saturated heterocycles. The van der Waals surface area contributed by atoms with Crippen LogP contribution in [0.5, 0.6) is 0 Å². The number of carboxylic acid groups (broad SMARTS) is 1. The van der Waals surface area contributed by atoms with Gasteiger partial charge in [-0.15, -0.1) is 0 Å². The van der Waals surface area contributed by atoms with Crippen molar-refractivity contribution >= 4 is 28.6 Å². The number of rotatable bonds is 2. The van der Waals surface area contributed by atoms with Gasteiger partial charge in [0.1, 0.15) is 5.52 Å². The highest BCUT2D eigenvalue weighted by Crippen LogP contribution is 2.22. The number of benzene rings is 1. The van der Waals surface area contributed by atoms with Crippen LogP contribution < -0.4 is 0 Å². The van der Waals surface area contributed by atoms with E-state index in [1.807, 2.05) is 0 Å². The molecule has 0 aliphatic rings. The average Bonchev–Trinajstić information content (AvgIpc) is 2.50. The molecule has 5 heteroatoms. The fraction of sp³-hybridized carbons (Fsp3) is 0.111. The van der Waals surface area contributed by atoms with Crippen molar-refractivity contribution in [1.82, 2.24) is 9.97 Å². The monoisotopic (exact) mass is 210 g/mol. The van der Waals surface area contributed by atoms with E-state index in [0.717, 1.165) is 5.52 Å². The first-order valence-electron chi connectivity index (χ1n) is 4.00. The van der Waals surface area contributed by atoms with Crippen LogP contribution in [0.25, 0.3) is 11.0 Å². The van der Waals surface area contributed by atoms with Gasteiger partial charge in [0.05, 0.1) is 23.3 Å². The fourth-order valence-corrected chi connectivity index (χ4v) is 1.63. The Morgan fingerprint density at radius 3 is 3.07 bits per heavy atom. The van der Waals surface area contributed by atoms with E-state index >= 15 is 0 Å². The van der Waals surface area contributed by atoms with Gasteiger partial charge in [-0.3, -0.25) is 4.79 Å². The van der Waals surface area contributed by atoms with E-state index in [0.29, 0.717) is 16.1 Å². The number of hydrogen-bond acceptors (Lipinski definition) is 2. The summed E-state index contributed by atoms with van der Waals surface area (Å²) in [5.41, 5.74) is 2.09. The number of hydrogen-bond donors (Lipinski definition) is 2. The number of halogens is 1. The number of aromatic amines is 1. The molecule has 0 atom stereocenters. The SMILES string of the molecule is O=C(O)Cc1cc(Cl)c2nc[nH]c2c1. The van der Waals surface area contributed by atoms with E-state index in [9.17, 15) is 4.79 Å². The van der Waals surface area contributed by atoms with E-state index in [2.05, 4.69) is 9.97 Å². The number of nitrogens with one attached hydrogen (secondary N) is 1. The van der Waals surface area contributed by atoms with Crippen molar-refractivity contribution in [3.05, 3.63) is 29.0 Å². The highest BCUT2D eigenvalue weighted by molar-refractivity contribution is 6.35. The molecule has 0 amide bonds. The number of carboxylic acids is 1. The fourth-order valence-electron chi connectivity index (χ4n) is 1.34. The van der Waals surface area contributed by atoms with Crippen molar-refractivity contribution in [1.29, 1.82) is 0 Å². The quantitative estimate of drug-likeness (QED) is 0.795. The van der Waals surface area contributed by atoms with Gasteiger partial charge in [0.2, 0.25) is 0 Å². The third kappa shape index (κ3) is 1.56. The molecular formula is C9H7ClN2O2. The first-order valence-corrected chi connectivity index (χ1v) is 4.38. The van der Waals surface area contributed by atoms with Crippen molar-refractivity contribution < 1.29 is 9.90 Å². The zero-order valence-electron chi connectivity index (χ0n) is 7.12. The number of imidazole rings is 1. The summed E-state index contributed by atoms with van der Waals surface area (Å²) in [5.74, 6) is -0.875. The molecule has 2 N–H and O–H groups in total. The van der Waals surface area contributed by atoms with Gasteiger partial charge in [-0.05, 0) is 17.7 Å². The number of aliphatic carboxylic acids is 1. The minimum atomic E-state index is -0.875. The van der Waals surface area contributed by atoms with E-state index in [1.165, 1.54) is 6.33 Å². The maximum Gasteiger partial charge on any atom is 0.307 e. The molecular weight excluding hydrogens is 204 g/mol. The average molecular weight is 211 g/mol. The lowest BCUT2D eigenvalue weighted by molar-refractivity contribution is -0.136. The minimum Gasteiger partial charge on any atom is -0.481 e. The molecule has 1 aromatic carbocycles. The molecule has 0 unspecified atom stereocenters. The first kappa shape index (κ1) is 9.02.